The minimum Gasteiger partial charge on any atom is -0.506 e. The lowest BCUT2D eigenvalue weighted by molar-refractivity contribution is 0.102. The molecule has 0 saturated carbocycles. The molecule has 0 bridgehead atoms. The van der Waals surface area contributed by atoms with Crippen molar-refractivity contribution >= 4 is 42.6 Å². The molecular weight excluding hydrogens is 410 g/mol. The third kappa shape index (κ3) is 3.68. The number of anilines is 1. The summed E-state index contributed by atoms with van der Waals surface area (Å²) in [6, 6.07) is 12.0. The van der Waals surface area contributed by atoms with Crippen LogP contribution in [-0.2, 0) is 20.2 Å². The number of phenolic OH excluding ortho intramolecular Hbond substituents is 1. The molecule has 4 N–H and O–H groups in total. The van der Waals surface area contributed by atoms with Crippen LogP contribution in [0.15, 0.2) is 64.4 Å². The lowest BCUT2D eigenvalue weighted by Crippen LogP contribution is -2.15. The molecule has 0 aliphatic carbocycles. The summed E-state index contributed by atoms with van der Waals surface area (Å²) >= 11 is 0. The number of rotatable bonds is 4. The molecule has 3 aromatic rings. The van der Waals surface area contributed by atoms with Gasteiger partial charge < -0.3 is 10.4 Å². The van der Waals surface area contributed by atoms with E-state index in [2.05, 4.69) is 5.32 Å². The Morgan fingerprint density at radius 2 is 1.32 bits per heavy atom. The van der Waals surface area contributed by atoms with E-state index in [4.69, 9.17) is 0 Å². The van der Waals surface area contributed by atoms with Crippen LogP contribution in [0.1, 0.15) is 10.4 Å². The van der Waals surface area contributed by atoms with Gasteiger partial charge in [0.05, 0.1) is 11.1 Å². The molecule has 0 radical (unpaired) electrons. The molecule has 9 nitrogen and oxygen atoms in total. The van der Waals surface area contributed by atoms with Crippen LogP contribution in [0, 0.1) is 0 Å². The first-order chi connectivity index (χ1) is 13.0. The van der Waals surface area contributed by atoms with Crippen molar-refractivity contribution in [1.29, 1.82) is 0 Å². The zero-order chi connectivity index (χ0) is 20.7. The van der Waals surface area contributed by atoms with Crippen LogP contribution < -0.4 is 5.32 Å². The number of hydrogen-bond donors (Lipinski definition) is 4. The number of carbonyl (C=O) groups is 1. The number of carbonyl (C=O) groups excluding carboxylic acids is 1. The van der Waals surface area contributed by atoms with Crippen molar-refractivity contribution in [3.63, 3.8) is 0 Å². The molecule has 0 saturated heterocycles. The summed E-state index contributed by atoms with van der Waals surface area (Å²) in [6.07, 6.45) is 0. The first-order valence-electron chi connectivity index (χ1n) is 7.60. The normalized spacial score (nSPS) is 12.1. The Hall–Kier alpha value is -2.99. The molecule has 11 heteroatoms. The van der Waals surface area contributed by atoms with Gasteiger partial charge in [-0.1, -0.05) is 30.3 Å². The van der Waals surface area contributed by atoms with Gasteiger partial charge in [0.1, 0.15) is 15.5 Å². The van der Waals surface area contributed by atoms with Crippen molar-refractivity contribution in [3.8, 4) is 5.75 Å². The Kier molecular flexibility index (Phi) is 4.85. The second kappa shape index (κ2) is 6.87. The average molecular weight is 423 g/mol. The van der Waals surface area contributed by atoms with Gasteiger partial charge in [0, 0.05) is 5.56 Å². The standard InChI is InChI=1S/C17H13NO8S2/c19-16-13(28(24,25)26)9-7-10-6-8-12(27(21,22)23)15(14(10)16)18-17(20)11-4-2-1-3-5-11/h1-9,19H,(H,18,20)(H,21,22,23)(H,24,25,26). The Balaban J connectivity index is 2.35. The van der Waals surface area contributed by atoms with Gasteiger partial charge in [-0.05, 0) is 29.7 Å². The molecule has 146 valence electrons. The van der Waals surface area contributed by atoms with Crippen molar-refractivity contribution in [2.45, 2.75) is 9.79 Å². The molecule has 0 spiro atoms. The van der Waals surface area contributed by atoms with E-state index in [0.29, 0.717) is 0 Å². The number of benzene rings is 3. The zero-order valence-corrected chi connectivity index (χ0v) is 15.5. The van der Waals surface area contributed by atoms with Crippen LogP contribution in [0.25, 0.3) is 10.8 Å². The van der Waals surface area contributed by atoms with Gasteiger partial charge >= 0.3 is 0 Å². The topological polar surface area (TPSA) is 158 Å². The minimum absolute atomic E-state index is 0.145. The maximum absolute atomic E-state index is 12.5. The van der Waals surface area contributed by atoms with Crippen LogP contribution in [0.3, 0.4) is 0 Å². The summed E-state index contributed by atoms with van der Waals surface area (Å²) in [5, 5.41) is 12.4. The highest BCUT2D eigenvalue weighted by Gasteiger charge is 2.25. The number of phenols is 1. The second-order valence-corrected chi connectivity index (χ2v) is 8.50. The van der Waals surface area contributed by atoms with Crippen LogP contribution >= 0.6 is 0 Å². The van der Waals surface area contributed by atoms with Gasteiger partial charge in [0.15, 0.2) is 0 Å². The molecule has 0 unspecified atom stereocenters. The highest BCUT2D eigenvalue weighted by atomic mass is 32.2. The van der Waals surface area contributed by atoms with Crippen molar-refractivity contribution in [2.75, 3.05) is 5.32 Å². The molecule has 1 amide bonds. The molecule has 0 aliphatic heterocycles. The molecule has 0 aromatic heterocycles. The number of hydrogen-bond acceptors (Lipinski definition) is 6. The lowest BCUT2D eigenvalue weighted by atomic mass is 10.1. The largest absolute Gasteiger partial charge is 0.506 e. The fraction of sp³-hybridized carbons (Fsp3) is 0. The predicted octanol–water partition coefficient (Wildman–Crippen LogP) is 2.29. The van der Waals surface area contributed by atoms with Crippen molar-refractivity contribution < 1.29 is 35.8 Å². The quantitative estimate of drug-likeness (QED) is 0.465. The molecule has 28 heavy (non-hydrogen) atoms. The fourth-order valence-electron chi connectivity index (χ4n) is 2.68. The van der Waals surface area contributed by atoms with Crippen LogP contribution in [-0.4, -0.2) is 37.0 Å². The molecule has 3 aromatic carbocycles. The van der Waals surface area contributed by atoms with Crippen molar-refractivity contribution in [3.05, 3.63) is 60.2 Å². The average Bonchev–Trinajstić information content (AvgIpc) is 2.60. The summed E-state index contributed by atoms with van der Waals surface area (Å²) in [4.78, 5) is 10.8. The van der Waals surface area contributed by atoms with E-state index in [-0.39, 0.29) is 16.3 Å². The van der Waals surface area contributed by atoms with Crippen LogP contribution in [0.4, 0.5) is 5.69 Å². The summed E-state index contributed by atoms with van der Waals surface area (Å²) in [6.45, 7) is 0. The molecule has 0 atom stereocenters. The summed E-state index contributed by atoms with van der Waals surface area (Å²) in [5.74, 6) is -1.75. The maximum Gasteiger partial charge on any atom is 0.298 e. The maximum atomic E-state index is 12.5. The van der Waals surface area contributed by atoms with E-state index in [9.17, 15) is 35.8 Å². The van der Waals surface area contributed by atoms with Gasteiger partial charge in [-0.15, -0.1) is 0 Å². The zero-order valence-electron chi connectivity index (χ0n) is 13.9. The van der Waals surface area contributed by atoms with Gasteiger partial charge in [-0.2, -0.15) is 16.8 Å². The SMILES string of the molecule is O=C(Nc1c(S(=O)(=O)O)ccc2ccc(S(=O)(=O)O)c(O)c12)c1ccccc1. The fourth-order valence-corrected chi connectivity index (χ4v) is 3.92. The molecule has 0 fully saturated rings. The number of aromatic hydroxyl groups is 1. The highest BCUT2D eigenvalue weighted by molar-refractivity contribution is 7.86. The van der Waals surface area contributed by atoms with Gasteiger partial charge in [0.2, 0.25) is 0 Å². The second-order valence-electron chi connectivity index (χ2n) is 5.72. The van der Waals surface area contributed by atoms with Crippen LogP contribution in [0.2, 0.25) is 0 Å². The first kappa shape index (κ1) is 19.8. The van der Waals surface area contributed by atoms with Crippen LogP contribution in [0.5, 0.6) is 5.75 Å². The Labute approximate surface area is 159 Å². The number of fused-ring (bicyclic) bond motifs is 1. The van der Waals surface area contributed by atoms with Gasteiger partial charge in [-0.3, -0.25) is 13.9 Å². The monoisotopic (exact) mass is 423 g/mol. The number of amides is 1. The summed E-state index contributed by atoms with van der Waals surface area (Å²) in [5.41, 5.74) is -0.386. The number of nitrogens with one attached hydrogen (secondary N) is 1. The van der Waals surface area contributed by atoms with Gasteiger partial charge in [-0.25, -0.2) is 0 Å². The van der Waals surface area contributed by atoms with E-state index in [0.717, 1.165) is 12.1 Å². The molecular formula is C17H13NO8S2. The van der Waals surface area contributed by atoms with E-state index >= 15 is 0 Å². The smallest absolute Gasteiger partial charge is 0.298 e. The third-order valence-electron chi connectivity index (χ3n) is 3.91. The van der Waals surface area contributed by atoms with E-state index in [1.165, 1.54) is 24.3 Å². The van der Waals surface area contributed by atoms with E-state index in [1.807, 2.05) is 0 Å². The predicted molar refractivity (Wildman–Crippen MR) is 99.6 cm³/mol. The lowest BCUT2D eigenvalue weighted by Gasteiger charge is -2.15. The third-order valence-corrected chi connectivity index (χ3v) is 5.70. The first-order valence-corrected chi connectivity index (χ1v) is 10.5. The Morgan fingerprint density at radius 1 is 0.786 bits per heavy atom. The van der Waals surface area contributed by atoms with Crippen molar-refractivity contribution in [2.24, 2.45) is 0 Å². The highest BCUT2D eigenvalue weighted by Crippen LogP contribution is 2.40. The van der Waals surface area contributed by atoms with E-state index in [1.54, 1.807) is 18.2 Å². The van der Waals surface area contributed by atoms with Crippen molar-refractivity contribution in [1.82, 2.24) is 0 Å². The molecule has 3 rings (SSSR count). The summed E-state index contributed by atoms with van der Waals surface area (Å²) in [7, 11) is -9.70. The Morgan fingerprint density at radius 3 is 1.86 bits per heavy atom. The summed E-state index contributed by atoms with van der Waals surface area (Å²) < 4.78 is 65.2. The Bertz CT molecular complexity index is 1290. The van der Waals surface area contributed by atoms with Gasteiger partial charge in [0.25, 0.3) is 26.1 Å². The minimum atomic E-state index is -4.86. The molecule has 0 heterocycles. The molecule has 0 aliphatic rings. The van der Waals surface area contributed by atoms with E-state index < -0.39 is 47.4 Å².